The Morgan fingerprint density at radius 1 is 0.478 bits per heavy atom. The third-order valence-electron chi connectivity index (χ3n) is 14.4. The van der Waals surface area contributed by atoms with Gasteiger partial charge < -0.3 is 28.1 Å². The average Bonchev–Trinajstić information content (AvgIpc) is 4.12. The van der Waals surface area contributed by atoms with Crippen LogP contribution in [0, 0.1) is 6.92 Å². The number of hydrogen-bond donors (Lipinski definition) is 0. The second-order valence-electron chi connectivity index (χ2n) is 21.0. The van der Waals surface area contributed by atoms with Crippen molar-refractivity contribution in [3.63, 3.8) is 0 Å². The van der Waals surface area contributed by atoms with Crippen LogP contribution in [0.5, 0.6) is 11.5 Å². The van der Waals surface area contributed by atoms with Crippen LogP contribution in [0.2, 0.25) is 0 Å². The van der Waals surface area contributed by atoms with Crippen LogP contribution in [0.3, 0.4) is 0 Å². The van der Waals surface area contributed by atoms with Crippen molar-refractivity contribution in [3.05, 3.63) is 187 Å². The monoisotopic (exact) mass is 898 g/mol. The Balaban J connectivity index is 1.13. The van der Waals surface area contributed by atoms with Crippen LogP contribution in [0.15, 0.2) is 179 Å². The maximum atomic E-state index is 6.67. The fourth-order valence-corrected chi connectivity index (χ4v) is 10.9. The van der Waals surface area contributed by atoms with Gasteiger partial charge in [-0.25, -0.2) is 0 Å². The molecule has 0 radical (unpaired) electrons. The average molecular weight is 899 g/mol. The maximum Gasteiger partial charge on any atom is 0.252 e. The first-order chi connectivity index (χ1) is 33.4. The molecule has 13 rings (SSSR count). The van der Waals surface area contributed by atoms with Gasteiger partial charge in [0.15, 0.2) is 11.5 Å². The molecular weight excluding hydrogens is 848 g/mol. The lowest BCUT2D eigenvalue weighted by molar-refractivity contribution is 0.174. The van der Waals surface area contributed by atoms with E-state index in [1.165, 1.54) is 27.5 Å². The van der Waals surface area contributed by atoms with Gasteiger partial charge in [-0.05, 0) is 135 Å². The van der Waals surface area contributed by atoms with E-state index in [4.69, 9.17) is 18.3 Å². The van der Waals surface area contributed by atoms with Gasteiger partial charge in [0.2, 0.25) is 6.79 Å². The fourth-order valence-electron chi connectivity index (χ4n) is 10.9. The van der Waals surface area contributed by atoms with E-state index in [1.807, 2.05) is 24.3 Å². The molecule has 0 saturated carbocycles. The van der Waals surface area contributed by atoms with Gasteiger partial charge in [-0.3, -0.25) is 0 Å². The molecule has 5 heterocycles. The maximum absolute atomic E-state index is 6.67. The number of aryl methyl sites for hydroxylation is 1. The van der Waals surface area contributed by atoms with Gasteiger partial charge in [-0.15, -0.1) is 0 Å². The molecule has 0 aliphatic carbocycles. The number of furan rings is 2. The Morgan fingerprint density at radius 2 is 1.03 bits per heavy atom. The molecule has 7 heteroatoms. The van der Waals surface area contributed by atoms with Crippen molar-refractivity contribution < 1.29 is 18.3 Å². The quantitative estimate of drug-likeness (QED) is 0.160. The predicted octanol–water partition coefficient (Wildman–Crippen LogP) is 14.9. The molecule has 0 spiro atoms. The highest BCUT2D eigenvalue weighted by molar-refractivity contribution is 7.00. The van der Waals surface area contributed by atoms with Crippen LogP contribution in [-0.4, -0.2) is 13.5 Å². The van der Waals surface area contributed by atoms with Crippen LogP contribution in [-0.2, 0) is 10.8 Å². The van der Waals surface area contributed by atoms with Gasteiger partial charge >= 0.3 is 0 Å². The smallest absolute Gasteiger partial charge is 0.252 e. The number of hydrogen-bond acceptors (Lipinski definition) is 6. The summed E-state index contributed by atoms with van der Waals surface area (Å²) in [6.45, 7) is 16.1. The Kier molecular flexibility index (Phi) is 9.01. The minimum Gasteiger partial charge on any atom is -0.456 e. The summed E-state index contributed by atoms with van der Waals surface area (Å²) in [6.07, 6.45) is 0. The first-order valence-electron chi connectivity index (χ1n) is 24.0. The van der Waals surface area contributed by atoms with Gasteiger partial charge in [-0.2, -0.15) is 0 Å². The van der Waals surface area contributed by atoms with E-state index in [0.717, 1.165) is 107 Å². The first-order valence-corrected chi connectivity index (χ1v) is 24.0. The molecule has 0 bridgehead atoms. The van der Waals surface area contributed by atoms with Gasteiger partial charge in [0.05, 0.1) is 0 Å². The van der Waals surface area contributed by atoms with Crippen LogP contribution in [0.25, 0.3) is 55.7 Å². The number of nitrogens with zero attached hydrogens (tertiary/aromatic N) is 2. The van der Waals surface area contributed by atoms with Crippen LogP contribution in [0.1, 0.15) is 58.2 Å². The fraction of sp³-hybridized carbons (Fsp3) is 0.161. The molecule has 8 aromatic carbocycles. The van der Waals surface area contributed by atoms with Crippen LogP contribution in [0.4, 0.5) is 34.1 Å². The molecule has 3 aliphatic rings. The van der Waals surface area contributed by atoms with Gasteiger partial charge in [0.25, 0.3) is 6.71 Å². The van der Waals surface area contributed by atoms with E-state index in [-0.39, 0.29) is 24.3 Å². The second kappa shape index (κ2) is 15.1. The summed E-state index contributed by atoms with van der Waals surface area (Å²) in [4.78, 5) is 4.97. The molecule has 10 aromatic rings. The van der Waals surface area contributed by atoms with Gasteiger partial charge in [0, 0.05) is 55.9 Å². The zero-order chi connectivity index (χ0) is 46.9. The SMILES string of the molecule is Cc1cc2c3c(c1)N(c1c(-c4ccccc4)ccc4c1OCO4)c1ccc(C(C)(C)C)cc1B3c1cc(C(C)(C)C)ccc1N2c1cc(-c2cc3ccccc3o2)cc(-c2cc3ccccc3o2)c1. The second-order valence-corrected chi connectivity index (χ2v) is 21.0. The highest BCUT2D eigenvalue weighted by Crippen LogP contribution is 2.54. The number of ether oxygens (including phenoxy) is 2. The molecule has 0 fully saturated rings. The lowest BCUT2D eigenvalue weighted by Gasteiger charge is -2.45. The highest BCUT2D eigenvalue weighted by atomic mass is 16.7. The zero-order valence-corrected chi connectivity index (χ0v) is 40.0. The van der Waals surface area contributed by atoms with Crippen LogP contribution >= 0.6 is 0 Å². The summed E-state index contributed by atoms with van der Waals surface area (Å²) in [5, 5.41) is 2.11. The summed E-state index contributed by atoms with van der Waals surface area (Å²) >= 11 is 0. The molecule has 0 N–H and O–H groups in total. The summed E-state index contributed by atoms with van der Waals surface area (Å²) in [7, 11) is 0. The summed E-state index contributed by atoms with van der Waals surface area (Å²) in [6, 6.07) is 61.5. The third kappa shape index (κ3) is 6.62. The molecule has 336 valence electrons. The van der Waals surface area contributed by atoms with Crippen molar-refractivity contribution in [1.29, 1.82) is 0 Å². The lowest BCUT2D eigenvalue weighted by Crippen LogP contribution is -2.61. The number of benzene rings is 8. The van der Waals surface area contributed by atoms with Crippen molar-refractivity contribution in [3.8, 4) is 45.3 Å². The Labute approximate surface area is 403 Å². The minimum atomic E-state index is -0.102. The number of rotatable bonds is 5. The van der Waals surface area contributed by atoms with E-state index in [0.29, 0.717) is 0 Å². The predicted molar refractivity (Wildman–Crippen MR) is 285 cm³/mol. The van der Waals surface area contributed by atoms with Gasteiger partial charge in [0.1, 0.15) is 28.4 Å². The van der Waals surface area contributed by atoms with E-state index < -0.39 is 0 Å². The van der Waals surface area contributed by atoms with E-state index in [9.17, 15) is 0 Å². The van der Waals surface area contributed by atoms with E-state index in [2.05, 4.69) is 204 Å². The molecule has 0 unspecified atom stereocenters. The normalized spacial score (nSPS) is 13.8. The van der Waals surface area contributed by atoms with Crippen LogP contribution < -0.4 is 35.7 Å². The highest BCUT2D eigenvalue weighted by Gasteiger charge is 2.46. The topological polar surface area (TPSA) is 51.2 Å². The minimum absolute atomic E-state index is 0.0970. The molecule has 0 amide bonds. The van der Waals surface area contributed by atoms with Crippen molar-refractivity contribution in [2.24, 2.45) is 0 Å². The molecule has 3 aliphatic heterocycles. The van der Waals surface area contributed by atoms with Crippen molar-refractivity contribution >= 4 is 79.2 Å². The van der Waals surface area contributed by atoms with Crippen molar-refractivity contribution in [1.82, 2.24) is 0 Å². The number of fused-ring (bicyclic) bond motifs is 7. The first kappa shape index (κ1) is 41.3. The Hall–Kier alpha value is -7.90. The van der Waals surface area contributed by atoms with Crippen molar-refractivity contribution in [2.45, 2.75) is 59.3 Å². The Morgan fingerprint density at radius 3 is 1.61 bits per heavy atom. The molecule has 6 nitrogen and oxygen atoms in total. The molecule has 0 saturated heterocycles. The molecular formula is C62H51BN2O4. The summed E-state index contributed by atoms with van der Waals surface area (Å²) < 4.78 is 26.1. The standard InChI is InChI=1S/C62H51BN2O4/c1-37-27-51-58-52(28-37)65(59-46(38-15-9-8-10-16-38)23-26-55-60(59)67-36-66-55)50-25-22-44(62(5,6)7)35-48(50)63(58)47-34-43(61(2,3)4)21-24-49(47)64(51)45-30-41(56-32-39-17-11-13-19-53(39)68-56)29-42(31-45)57-33-40-18-12-14-20-54(40)69-57/h8-35H,36H2,1-7H3. The number of anilines is 6. The number of para-hydroxylation sites is 2. The summed E-state index contributed by atoms with van der Waals surface area (Å²) in [5.41, 5.74) is 19.5. The summed E-state index contributed by atoms with van der Waals surface area (Å²) in [5.74, 6) is 3.07. The lowest BCUT2D eigenvalue weighted by atomic mass is 9.33. The Bertz CT molecular complexity index is 3560. The largest absolute Gasteiger partial charge is 0.456 e. The third-order valence-corrected chi connectivity index (χ3v) is 14.4. The van der Waals surface area contributed by atoms with E-state index >= 15 is 0 Å². The molecule has 69 heavy (non-hydrogen) atoms. The molecule has 0 atom stereocenters. The zero-order valence-electron chi connectivity index (χ0n) is 40.0. The van der Waals surface area contributed by atoms with Crippen molar-refractivity contribution in [2.75, 3.05) is 16.6 Å². The van der Waals surface area contributed by atoms with Gasteiger partial charge in [-0.1, -0.05) is 133 Å². The van der Waals surface area contributed by atoms with E-state index in [1.54, 1.807) is 0 Å². The molecule has 2 aromatic heterocycles.